The van der Waals surface area contributed by atoms with E-state index in [-0.39, 0.29) is 5.95 Å². The zero-order chi connectivity index (χ0) is 16.8. The van der Waals surface area contributed by atoms with Crippen LogP contribution in [0.5, 0.6) is 11.5 Å². The van der Waals surface area contributed by atoms with E-state index in [1.807, 2.05) is 42.5 Å². The highest BCUT2D eigenvalue weighted by molar-refractivity contribution is 6.31. The Balaban J connectivity index is 1.78. The number of halogens is 1. The van der Waals surface area contributed by atoms with Gasteiger partial charge in [0.25, 0.3) is 0 Å². The molecule has 24 heavy (non-hydrogen) atoms. The summed E-state index contributed by atoms with van der Waals surface area (Å²) in [5.74, 6) is 1.53. The van der Waals surface area contributed by atoms with Crippen LogP contribution in [-0.4, -0.2) is 27.7 Å². The maximum absolute atomic E-state index is 6.18. The Labute approximate surface area is 143 Å². The van der Waals surface area contributed by atoms with Gasteiger partial charge in [-0.1, -0.05) is 41.9 Å². The molecule has 0 fully saturated rings. The van der Waals surface area contributed by atoms with Crippen molar-refractivity contribution in [2.24, 2.45) is 0 Å². The van der Waals surface area contributed by atoms with Gasteiger partial charge in [-0.05, 0) is 12.1 Å². The summed E-state index contributed by atoms with van der Waals surface area (Å²) < 4.78 is 11.4. The van der Waals surface area contributed by atoms with Crippen molar-refractivity contribution in [3.05, 3.63) is 63.9 Å². The minimum absolute atomic E-state index is 0.287. The fourth-order valence-electron chi connectivity index (χ4n) is 2.16. The summed E-state index contributed by atoms with van der Waals surface area (Å²) in [6.45, 7) is 0.670. The molecule has 0 aliphatic heterocycles. The van der Waals surface area contributed by atoms with E-state index in [2.05, 4.69) is 25.9 Å². The predicted octanol–water partition coefficient (Wildman–Crippen LogP) is 3.65. The number of tetrazole rings is 1. The summed E-state index contributed by atoms with van der Waals surface area (Å²) in [7, 11) is 1.60. The number of ether oxygens (including phenoxy) is 2. The summed E-state index contributed by atoms with van der Waals surface area (Å²) >= 11 is 6.18. The van der Waals surface area contributed by atoms with Gasteiger partial charge in [0.2, 0.25) is 0 Å². The van der Waals surface area contributed by atoms with E-state index in [0.717, 1.165) is 11.1 Å². The van der Waals surface area contributed by atoms with Crippen molar-refractivity contribution in [3.63, 3.8) is 0 Å². The number of nitrogens with one attached hydrogen (secondary N) is 1. The zero-order valence-corrected chi connectivity index (χ0v) is 13.7. The highest BCUT2D eigenvalue weighted by atomic mass is 35.5. The Morgan fingerprint density at radius 3 is 2.71 bits per heavy atom. The monoisotopic (exact) mass is 344 g/mol. The maximum Gasteiger partial charge on any atom is 0.165 e. The molecular weight excluding hydrogens is 330 g/mol. The van der Waals surface area contributed by atoms with E-state index >= 15 is 0 Å². The number of hydrogen-bond acceptors (Lipinski definition) is 5. The van der Waals surface area contributed by atoms with Crippen LogP contribution in [0.25, 0.3) is 5.32 Å². The van der Waals surface area contributed by atoms with Crippen molar-refractivity contribution in [2.45, 2.75) is 13.2 Å². The minimum atomic E-state index is 0.287. The largest absolute Gasteiger partial charge is 0.493 e. The summed E-state index contributed by atoms with van der Waals surface area (Å²) in [5.41, 5.74) is 1.75. The molecule has 7 nitrogen and oxygen atoms in total. The first-order chi connectivity index (χ1) is 11.8. The molecule has 3 rings (SSSR count). The van der Waals surface area contributed by atoms with Gasteiger partial charge in [-0.3, -0.25) is 15.4 Å². The second-order valence-electron chi connectivity index (χ2n) is 4.86. The number of aromatic nitrogens is 4. The Kier molecular flexibility index (Phi) is 5.12. The lowest BCUT2D eigenvalue weighted by molar-refractivity contribution is 0.282. The smallest absolute Gasteiger partial charge is 0.165 e. The molecular formula is C16H15ClN5O2-. The van der Waals surface area contributed by atoms with Gasteiger partial charge in [0.1, 0.15) is 6.61 Å². The second kappa shape index (κ2) is 7.65. The molecule has 8 heteroatoms. The number of para-hydroxylation sites is 1. The van der Waals surface area contributed by atoms with Crippen molar-refractivity contribution < 1.29 is 9.47 Å². The quantitative estimate of drug-likeness (QED) is 0.707. The van der Waals surface area contributed by atoms with Crippen LogP contribution in [-0.2, 0) is 13.2 Å². The molecule has 0 saturated heterocycles. The summed E-state index contributed by atoms with van der Waals surface area (Å²) in [5, 5.41) is 18.4. The molecule has 0 aliphatic rings. The van der Waals surface area contributed by atoms with Crippen molar-refractivity contribution in [1.82, 2.24) is 20.6 Å². The van der Waals surface area contributed by atoms with E-state index in [4.69, 9.17) is 21.1 Å². The van der Waals surface area contributed by atoms with Gasteiger partial charge in [0.15, 0.2) is 11.5 Å². The van der Waals surface area contributed by atoms with Crippen molar-refractivity contribution in [1.29, 1.82) is 0 Å². The molecule has 2 aromatic carbocycles. The van der Waals surface area contributed by atoms with Gasteiger partial charge in [-0.25, -0.2) is 0 Å². The fraction of sp³-hybridized carbons (Fsp3) is 0.188. The molecule has 0 aliphatic carbocycles. The third kappa shape index (κ3) is 3.75. The van der Waals surface area contributed by atoms with E-state index < -0.39 is 0 Å². The van der Waals surface area contributed by atoms with Crippen LogP contribution in [0.3, 0.4) is 0 Å². The van der Waals surface area contributed by atoms with Gasteiger partial charge >= 0.3 is 0 Å². The van der Waals surface area contributed by atoms with Crippen molar-refractivity contribution in [3.8, 4) is 11.5 Å². The normalized spacial score (nSPS) is 10.4. The third-order valence-electron chi connectivity index (χ3n) is 3.34. The Morgan fingerprint density at radius 1 is 1.12 bits per heavy atom. The van der Waals surface area contributed by atoms with E-state index in [1.165, 1.54) is 0 Å². The molecule has 124 valence electrons. The van der Waals surface area contributed by atoms with Gasteiger partial charge in [0.05, 0.1) is 13.1 Å². The molecule has 0 saturated carbocycles. The fourth-order valence-corrected chi connectivity index (χ4v) is 2.35. The first-order valence-corrected chi connectivity index (χ1v) is 7.58. The van der Waals surface area contributed by atoms with Crippen LogP contribution in [0.4, 0.5) is 5.95 Å². The van der Waals surface area contributed by atoms with E-state index in [9.17, 15) is 0 Å². The molecule has 0 atom stereocenters. The number of hydrogen-bond donors (Lipinski definition) is 1. The predicted molar refractivity (Wildman–Crippen MR) is 89.7 cm³/mol. The van der Waals surface area contributed by atoms with E-state index in [0.29, 0.717) is 29.7 Å². The second-order valence-corrected chi connectivity index (χ2v) is 5.26. The van der Waals surface area contributed by atoms with Crippen LogP contribution in [0, 0.1) is 0 Å². The molecule has 0 bridgehead atoms. The lowest BCUT2D eigenvalue weighted by Crippen LogP contribution is -2.01. The Bertz CT molecular complexity index is 795. The van der Waals surface area contributed by atoms with Crippen LogP contribution >= 0.6 is 11.6 Å². The first kappa shape index (κ1) is 16.1. The number of aromatic amines is 1. The van der Waals surface area contributed by atoms with Crippen LogP contribution in [0.2, 0.25) is 5.02 Å². The molecule has 1 heterocycles. The molecule has 3 aromatic rings. The maximum atomic E-state index is 6.18. The van der Waals surface area contributed by atoms with Crippen molar-refractivity contribution >= 4 is 17.5 Å². The summed E-state index contributed by atoms with van der Waals surface area (Å²) in [4.78, 5) is 0. The van der Waals surface area contributed by atoms with Crippen molar-refractivity contribution in [2.75, 3.05) is 7.11 Å². The number of rotatable bonds is 7. The van der Waals surface area contributed by atoms with Gasteiger partial charge in [-0.2, -0.15) is 0 Å². The standard InChI is InChI=1S/C16H15ClN5O2/c1-23-14-8-4-6-11(9-18-16-19-21-22-20-16)15(14)24-10-12-5-2-3-7-13(12)17/h2-8H,9-10H2,1H3,(H-,18,19,20,21,22)/q-1. The van der Waals surface area contributed by atoms with Gasteiger partial charge in [-0.15, -0.1) is 5.21 Å². The molecule has 0 amide bonds. The highest BCUT2D eigenvalue weighted by Gasteiger charge is 2.11. The zero-order valence-electron chi connectivity index (χ0n) is 12.9. The number of benzene rings is 2. The number of nitrogens with zero attached hydrogens (tertiary/aromatic N) is 4. The molecule has 0 unspecified atom stereocenters. The van der Waals surface area contributed by atoms with Crippen LogP contribution < -0.4 is 9.47 Å². The molecule has 0 radical (unpaired) electrons. The Morgan fingerprint density at radius 2 is 1.96 bits per heavy atom. The van der Waals surface area contributed by atoms with Gasteiger partial charge in [0, 0.05) is 22.7 Å². The lowest BCUT2D eigenvalue weighted by atomic mass is 10.1. The lowest BCUT2D eigenvalue weighted by Gasteiger charge is -2.17. The van der Waals surface area contributed by atoms with Crippen LogP contribution in [0.1, 0.15) is 11.1 Å². The summed E-state index contributed by atoms with van der Waals surface area (Å²) in [6.07, 6.45) is 0. The summed E-state index contributed by atoms with van der Waals surface area (Å²) in [6, 6.07) is 13.2. The average Bonchev–Trinajstić information content (AvgIpc) is 3.13. The SMILES string of the molecule is COc1cccc(C[N-]c2nn[nH]n2)c1OCc1ccccc1Cl. The molecule has 0 spiro atoms. The minimum Gasteiger partial charge on any atom is -0.493 e. The Hall–Kier alpha value is -2.80. The average molecular weight is 345 g/mol. The number of H-pyrrole nitrogens is 1. The number of methoxy groups -OCH3 is 1. The third-order valence-corrected chi connectivity index (χ3v) is 3.70. The van der Waals surface area contributed by atoms with Crippen LogP contribution in [0.15, 0.2) is 42.5 Å². The first-order valence-electron chi connectivity index (χ1n) is 7.21. The topological polar surface area (TPSA) is 87.0 Å². The van der Waals surface area contributed by atoms with Gasteiger partial charge < -0.3 is 14.8 Å². The molecule has 1 N–H and O–H groups in total. The molecule has 1 aromatic heterocycles. The van der Waals surface area contributed by atoms with E-state index in [1.54, 1.807) is 7.11 Å². The highest BCUT2D eigenvalue weighted by Crippen LogP contribution is 2.34.